The number of rotatable bonds is 1. The average molecular weight is 152 g/mol. The number of fused-ring (bicyclic) bond motifs is 4. The second kappa shape index (κ2) is 2.94. The second-order valence-electron chi connectivity index (χ2n) is 3.69. The van der Waals surface area contributed by atoms with Crippen molar-refractivity contribution in [1.29, 1.82) is 0 Å². The number of hydrogen-bond donors (Lipinski definition) is 0. The summed E-state index contributed by atoms with van der Waals surface area (Å²) in [5, 5.41) is 0. The minimum absolute atomic E-state index is 0.127. The maximum absolute atomic E-state index is 10.5. The highest BCUT2D eigenvalue weighted by atomic mass is 16.1. The summed E-state index contributed by atoms with van der Waals surface area (Å²) in [5.41, 5.74) is 0. The molecule has 0 aromatic rings. The lowest BCUT2D eigenvalue weighted by molar-refractivity contribution is 0.199. The third-order valence-electron chi connectivity index (χ3n) is 3.07. The lowest BCUT2D eigenvalue weighted by Crippen LogP contribution is -2.38. The van der Waals surface area contributed by atoms with E-state index in [-0.39, 0.29) is 6.04 Å². The monoisotopic (exact) mass is 152 g/mol. The first-order valence-electron chi connectivity index (χ1n) is 4.52. The topological polar surface area (TPSA) is 20.3 Å². The highest BCUT2D eigenvalue weighted by Gasteiger charge is 2.29. The molecule has 11 heavy (non-hydrogen) atoms. The summed E-state index contributed by atoms with van der Waals surface area (Å²) in [4.78, 5) is 12.8. The van der Waals surface area contributed by atoms with Gasteiger partial charge in [0.1, 0.15) is 0 Å². The van der Waals surface area contributed by atoms with Gasteiger partial charge in [-0.2, -0.15) is 0 Å². The maximum Gasteiger partial charge on any atom is 0.217 e. The van der Waals surface area contributed by atoms with E-state index in [1.165, 1.54) is 19.3 Å². The van der Waals surface area contributed by atoms with E-state index in [1.54, 1.807) is 0 Å². The Labute approximate surface area is 67.6 Å². The largest absolute Gasteiger partial charge is 0.293 e. The molecule has 3 aliphatic heterocycles. The van der Waals surface area contributed by atoms with E-state index in [0.29, 0.717) is 0 Å². The quantitative estimate of drug-likeness (QED) is 0.558. The zero-order valence-electron chi connectivity index (χ0n) is 6.75. The molecule has 0 aromatic carbocycles. The van der Waals surface area contributed by atoms with Crippen LogP contribution in [0, 0.1) is 5.92 Å². The molecule has 3 saturated heterocycles. The summed E-state index contributed by atoms with van der Waals surface area (Å²) >= 11 is 0. The van der Waals surface area contributed by atoms with Crippen LogP contribution in [-0.4, -0.2) is 30.3 Å². The molecule has 0 saturated carbocycles. The third-order valence-corrected chi connectivity index (χ3v) is 3.07. The van der Waals surface area contributed by atoms with E-state index < -0.39 is 0 Å². The first-order chi connectivity index (χ1) is 5.40. The van der Waals surface area contributed by atoms with Gasteiger partial charge in [-0.25, -0.2) is 0 Å². The van der Waals surface area contributed by atoms with Crippen molar-refractivity contribution in [2.24, 2.45) is 5.92 Å². The molecule has 3 heterocycles. The Morgan fingerprint density at radius 1 is 1.09 bits per heavy atom. The van der Waals surface area contributed by atoms with Crippen LogP contribution in [0.4, 0.5) is 0 Å². The molecule has 1 atom stereocenters. The molecule has 0 aliphatic carbocycles. The van der Waals surface area contributed by atoms with E-state index in [0.717, 1.165) is 25.4 Å². The summed E-state index contributed by atoms with van der Waals surface area (Å²) in [7, 11) is 0. The number of nitrogens with zero attached hydrogens (tertiary/aromatic N) is 1. The van der Waals surface area contributed by atoms with Gasteiger partial charge in [0.25, 0.3) is 0 Å². The number of piperidine rings is 1. The summed E-state index contributed by atoms with van der Waals surface area (Å²) in [6.07, 6.45) is 7.05. The van der Waals surface area contributed by atoms with E-state index in [1.807, 2.05) is 0 Å². The van der Waals surface area contributed by atoms with Crippen LogP contribution in [0.25, 0.3) is 0 Å². The second-order valence-corrected chi connectivity index (χ2v) is 3.69. The smallest absolute Gasteiger partial charge is 0.217 e. The molecular formula is C9H14NO. The fraction of sp³-hybridized carbons (Fsp3) is 0.889. The molecule has 2 bridgehead atoms. The van der Waals surface area contributed by atoms with Gasteiger partial charge in [0.2, 0.25) is 6.29 Å². The molecule has 0 aromatic heterocycles. The highest BCUT2D eigenvalue weighted by Crippen LogP contribution is 2.29. The Morgan fingerprint density at radius 2 is 1.82 bits per heavy atom. The fourth-order valence-corrected chi connectivity index (χ4v) is 2.26. The molecule has 61 valence electrons. The summed E-state index contributed by atoms with van der Waals surface area (Å²) in [5.74, 6) is 0.907. The molecule has 2 heteroatoms. The van der Waals surface area contributed by atoms with Crippen LogP contribution in [-0.2, 0) is 4.79 Å². The van der Waals surface area contributed by atoms with Crippen molar-refractivity contribution in [2.75, 3.05) is 13.1 Å². The van der Waals surface area contributed by atoms with Crippen LogP contribution in [0.3, 0.4) is 0 Å². The van der Waals surface area contributed by atoms with Crippen molar-refractivity contribution >= 4 is 6.29 Å². The Morgan fingerprint density at radius 3 is 2.45 bits per heavy atom. The van der Waals surface area contributed by atoms with Gasteiger partial charge in [-0.05, 0) is 44.7 Å². The molecule has 0 spiro atoms. The van der Waals surface area contributed by atoms with E-state index in [4.69, 9.17) is 0 Å². The van der Waals surface area contributed by atoms with Gasteiger partial charge >= 0.3 is 0 Å². The number of hydrogen-bond acceptors (Lipinski definition) is 2. The SMILES string of the molecule is O=[C]C1CCC2CCN1CC2. The standard InChI is InChI=1S/C9H14NO/c11-7-9-2-1-8-3-5-10(9)6-4-8/h8-9H,1-6H2. The molecular weight excluding hydrogens is 138 g/mol. The van der Waals surface area contributed by atoms with Crippen molar-refractivity contribution in [2.45, 2.75) is 31.7 Å². The lowest BCUT2D eigenvalue weighted by Gasteiger charge is -2.28. The first-order valence-corrected chi connectivity index (χ1v) is 4.52. The summed E-state index contributed by atoms with van der Waals surface area (Å²) in [6, 6.07) is 0.127. The third kappa shape index (κ3) is 1.32. The minimum atomic E-state index is 0.127. The summed E-state index contributed by atoms with van der Waals surface area (Å²) < 4.78 is 0. The van der Waals surface area contributed by atoms with Gasteiger partial charge in [0.15, 0.2) is 0 Å². The van der Waals surface area contributed by atoms with E-state index in [2.05, 4.69) is 11.2 Å². The van der Waals surface area contributed by atoms with Crippen LogP contribution in [0.5, 0.6) is 0 Å². The molecule has 0 amide bonds. The number of carbonyl (C=O) groups excluding carboxylic acids is 1. The van der Waals surface area contributed by atoms with Crippen LogP contribution < -0.4 is 0 Å². The van der Waals surface area contributed by atoms with Crippen LogP contribution in [0.15, 0.2) is 0 Å². The molecule has 1 radical (unpaired) electrons. The molecule has 2 nitrogen and oxygen atoms in total. The Balaban J connectivity index is 2.08. The highest BCUT2D eigenvalue weighted by molar-refractivity contribution is 5.58. The Kier molecular flexibility index (Phi) is 1.95. The molecule has 0 N–H and O–H groups in total. The van der Waals surface area contributed by atoms with Crippen molar-refractivity contribution in [3.8, 4) is 0 Å². The molecule has 1 unspecified atom stereocenters. The Bertz CT molecular complexity index is 150. The first kappa shape index (κ1) is 7.29. The molecule has 3 rings (SSSR count). The van der Waals surface area contributed by atoms with E-state index >= 15 is 0 Å². The average Bonchev–Trinajstić information content (AvgIpc) is 2.36. The van der Waals surface area contributed by atoms with Gasteiger partial charge in [-0.1, -0.05) is 0 Å². The van der Waals surface area contributed by atoms with Crippen LogP contribution in [0.1, 0.15) is 25.7 Å². The lowest BCUT2D eigenvalue weighted by atomic mass is 9.95. The van der Waals surface area contributed by atoms with Gasteiger partial charge in [0.05, 0.1) is 6.04 Å². The van der Waals surface area contributed by atoms with Gasteiger partial charge in [0, 0.05) is 0 Å². The Hall–Kier alpha value is -0.370. The maximum atomic E-state index is 10.5. The fourth-order valence-electron chi connectivity index (χ4n) is 2.26. The van der Waals surface area contributed by atoms with Crippen molar-refractivity contribution in [1.82, 2.24) is 4.90 Å². The molecule has 3 fully saturated rings. The van der Waals surface area contributed by atoms with Crippen LogP contribution in [0.2, 0.25) is 0 Å². The van der Waals surface area contributed by atoms with Crippen molar-refractivity contribution in [3.05, 3.63) is 0 Å². The van der Waals surface area contributed by atoms with Crippen molar-refractivity contribution in [3.63, 3.8) is 0 Å². The zero-order valence-corrected chi connectivity index (χ0v) is 6.75. The zero-order chi connectivity index (χ0) is 7.68. The minimum Gasteiger partial charge on any atom is -0.293 e. The normalized spacial score (nSPS) is 43.5. The van der Waals surface area contributed by atoms with Gasteiger partial charge in [-0.15, -0.1) is 0 Å². The van der Waals surface area contributed by atoms with E-state index in [9.17, 15) is 4.79 Å². The van der Waals surface area contributed by atoms with Gasteiger partial charge in [-0.3, -0.25) is 9.69 Å². The molecule has 3 aliphatic rings. The van der Waals surface area contributed by atoms with Gasteiger partial charge < -0.3 is 0 Å². The van der Waals surface area contributed by atoms with Crippen molar-refractivity contribution < 1.29 is 4.79 Å². The van der Waals surface area contributed by atoms with Crippen LogP contribution >= 0.6 is 0 Å². The predicted octanol–water partition coefficient (Wildman–Crippen LogP) is 0.970. The summed E-state index contributed by atoms with van der Waals surface area (Å²) in [6.45, 7) is 2.26. The predicted molar refractivity (Wildman–Crippen MR) is 43.0 cm³/mol.